The van der Waals surface area contributed by atoms with E-state index in [-0.39, 0.29) is 0 Å². The van der Waals surface area contributed by atoms with Gasteiger partial charge in [-0.1, -0.05) is 250 Å². The van der Waals surface area contributed by atoms with Crippen molar-refractivity contribution in [3.63, 3.8) is 0 Å². The zero-order chi connectivity index (χ0) is 56.7. The molecule has 86 heavy (non-hydrogen) atoms. The molecule has 0 spiro atoms. The molecule has 1 fully saturated rings. The average molecular weight is 1100 g/mol. The third-order valence-corrected chi connectivity index (χ3v) is 18.4. The molecule has 1 aliphatic carbocycles. The quantitative estimate of drug-likeness (QED) is 0.121. The second-order valence-electron chi connectivity index (χ2n) is 23.3. The Morgan fingerprint density at radius 2 is 0.686 bits per heavy atom. The molecule has 2 heterocycles. The van der Waals surface area contributed by atoms with Gasteiger partial charge in [-0.25, -0.2) is 0 Å². The Labute approximate surface area is 499 Å². The van der Waals surface area contributed by atoms with E-state index in [0.717, 1.165) is 133 Å². The maximum absolute atomic E-state index is 7.18. The van der Waals surface area contributed by atoms with Crippen LogP contribution in [0.4, 0.5) is 34.1 Å². The van der Waals surface area contributed by atoms with Crippen molar-refractivity contribution in [1.82, 2.24) is 0 Å². The molecule has 1 saturated carbocycles. The first-order valence-corrected chi connectivity index (χ1v) is 30.3. The molecule has 0 saturated heterocycles. The van der Waals surface area contributed by atoms with Gasteiger partial charge < -0.3 is 18.6 Å². The van der Waals surface area contributed by atoms with Gasteiger partial charge in [0.15, 0.2) is 11.2 Å². The van der Waals surface area contributed by atoms with Crippen molar-refractivity contribution >= 4 is 110 Å². The summed E-state index contributed by atoms with van der Waals surface area (Å²) in [6.07, 6.45) is 6.32. The summed E-state index contributed by atoms with van der Waals surface area (Å²) in [6, 6.07) is 105. The number of rotatable bonds is 11. The third-order valence-electron chi connectivity index (χ3n) is 18.4. The maximum Gasteiger partial charge on any atom is 0.159 e. The number of furan rings is 2. The van der Waals surface area contributed by atoms with E-state index in [9.17, 15) is 0 Å². The van der Waals surface area contributed by atoms with E-state index < -0.39 is 0 Å². The lowest BCUT2D eigenvalue weighted by molar-refractivity contribution is 0.444. The molecule has 4 nitrogen and oxygen atoms in total. The van der Waals surface area contributed by atoms with Crippen LogP contribution in [0.15, 0.2) is 294 Å². The zero-order valence-corrected chi connectivity index (χ0v) is 47.5. The van der Waals surface area contributed by atoms with Gasteiger partial charge in [-0.05, 0) is 128 Å². The highest BCUT2D eigenvalue weighted by atomic mass is 16.3. The smallest absolute Gasteiger partial charge is 0.159 e. The van der Waals surface area contributed by atoms with Gasteiger partial charge in [0.1, 0.15) is 11.2 Å². The van der Waals surface area contributed by atoms with Gasteiger partial charge in [-0.2, -0.15) is 0 Å². The molecule has 0 radical (unpaired) electrons. The van der Waals surface area contributed by atoms with Crippen molar-refractivity contribution in [2.24, 2.45) is 0 Å². The maximum atomic E-state index is 7.18. The predicted octanol–water partition coefficient (Wildman–Crippen LogP) is 24.0. The Hall–Kier alpha value is -10.7. The summed E-state index contributed by atoms with van der Waals surface area (Å²) in [6.45, 7) is 0. The molecule has 0 atom stereocenters. The Bertz CT molecular complexity index is 4900. The van der Waals surface area contributed by atoms with Crippen molar-refractivity contribution < 1.29 is 8.83 Å². The molecule has 16 aromatic rings. The van der Waals surface area contributed by atoms with Crippen LogP contribution in [0.5, 0.6) is 0 Å². The van der Waals surface area contributed by atoms with Crippen molar-refractivity contribution in [1.29, 1.82) is 0 Å². The van der Waals surface area contributed by atoms with Gasteiger partial charge in [0.05, 0.1) is 34.1 Å². The first kappa shape index (κ1) is 49.9. The Kier molecular flexibility index (Phi) is 11.9. The van der Waals surface area contributed by atoms with Crippen LogP contribution >= 0.6 is 0 Å². The molecule has 2 aromatic heterocycles. The summed E-state index contributed by atoms with van der Waals surface area (Å²) in [4.78, 5) is 5.03. The lowest BCUT2D eigenvalue weighted by Crippen LogP contribution is -2.16. The Morgan fingerprint density at radius 3 is 1.15 bits per heavy atom. The fraction of sp³-hybridized carbons (Fsp3) is 0.0732. The molecule has 14 aromatic carbocycles. The van der Waals surface area contributed by atoms with Gasteiger partial charge in [0, 0.05) is 48.8 Å². The molecular formula is C82H58N2O2. The first-order chi connectivity index (χ1) is 42.7. The second-order valence-corrected chi connectivity index (χ2v) is 23.3. The molecule has 0 bridgehead atoms. The Balaban J connectivity index is 1.04. The van der Waals surface area contributed by atoms with Gasteiger partial charge in [0.2, 0.25) is 0 Å². The normalized spacial score (nSPS) is 13.1. The third kappa shape index (κ3) is 8.27. The van der Waals surface area contributed by atoms with E-state index in [1.807, 2.05) is 0 Å². The largest absolute Gasteiger partial charge is 0.454 e. The summed E-state index contributed by atoms with van der Waals surface area (Å²) < 4.78 is 14.4. The number of fused-ring (bicyclic) bond motifs is 6. The van der Waals surface area contributed by atoms with Crippen LogP contribution in [0.3, 0.4) is 0 Å². The molecule has 408 valence electrons. The molecular weight excluding hydrogens is 1040 g/mol. The molecule has 0 aliphatic heterocycles. The minimum atomic E-state index is 0.543. The fourth-order valence-corrected chi connectivity index (χ4v) is 14.3. The summed E-state index contributed by atoms with van der Waals surface area (Å²) in [7, 11) is 0. The van der Waals surface area contributed by atoms with Crippen LogP contribution in [-0.4, -0.2) is 0 Å². The summed E-state index contributed by atoms with van der Waals surface area (Å²) in [5, 5.41) is 11.5. The highest BCUT2D eigenvalue weighted by Crippen LogP contribution is 2.56. The number of para-hydroxylation sites is 4. The first-order valence-electron chi connectivity index (χ1n) is 30.3. The Morgan fingerprint density at radius 1 is 0.267 bits per heavy atom. The second kappa shape index (κ2) is 20.6. The number of anilines is 6. The highest BCUT2D eigenvalue weighted by molar-refractivity contribution is 6.30. The van der Waals surface area contributed by atoms with E-state index in [1.54, 1.807) is 0 Å². The summed E-state index contributed by atoms with van der Waals surface area (Å²) in [5.41, 5.74) is 19.7. The minimum Gasteiger partial charge on any atom is -0.454 e. The van der Waals surface area contributed by atoms with E-state index >= 15 is 0 Å². The van der Waals surface area contributed by atoms with Gasteiger partial charge >= 0.3 is 0 Å². The SMILES string of the molecule is c1ccc(-c2ccc(N(c3cc(N(c4ccc(-c5ccccc5)cc4-c4ccccc4)c4cccc5c4oc4ccccc45)c4ccc5cc(C6CCCCC6)cc6ccc3c4c65)c3cccc4c3oc3ccccc34)c(-c3ccccc3)c2)cc1. The van der Waals surface area contributed by atoms with Crippen LogP contribution in [0.2, 0.25) is 0 Å². The van der Waals surface area contributed by atoms with Gasteiger partial charge in [0.25, 0.3) is 0 Å². The number of benzene rings is 14. The summed E-state index contributed by atoms with van der Waals surface area (Å²) >= 11 is 0. The lowest BCUT2D eigenvalue weighted by atomic mass is 9.82. The molecule has 4 heteroatoms. The van der Waals surface area contributed by atoms with Crippen molar-refractivity contribution in [2.45, 2.75) is 38.0 Å². The van der Waals surface area contributed by atoms with Crippen LogP contribution < -0.4 is 9.80 Å². The van der Waals surface area contributed by atoms with Crippen molar-refractivity contribution in [3.05, 3.63) is 291 Å². The van der Waals surface area contributed by atoms with Crippen molar-refractivity contribution in [2.75, 3.05) is 9.80 Å². The summed E-state index contributed by atoms with van der Waals surface area (Å²) in [5.74, 6) is 0.543. The van der Waals surface area contributed by atoms with E-state index in [4.69, 9.17) is 8.83 Å². The van der Waals surface area contributed by atoms with E-state index in [1.165, 1.54) is 59.2 Å². The average Bonchev–Trinajstić information content (AvgIpc) is 1.14. The number of hydrogen-bond acceptors (Lipinski definition) is 4. The van der Waals surface area contributed by atoms with Crippen LogP contribution in [0.1, 0.15) is 43.6 Å². The standard InChI is InChI=1S/C82H58N2O2/c1-6-22-53(23-7-1)58-42-46-71(69(50-58)56-28-12-4-13-29-56)83(73-36-20-34-65-63-32-16-18-38-77(63)85-81(65)73)75-52-76(68-45-41-61-49-62(55-26-10-3-11-27-55)48-60-40-44-67(75)80(68)79(60)61)84(74-37-21-35-66-64-33-17-19-39-78(64)86-82(66)74)72-47-43-59(54-24-8-2-9-25-54)51-70(72)57-30-14-5-15-31-57/h1-2,4-9,12-25,28-52,55H,3,10-11,26-27H2. The van der Waals surface area contributed by atoms with E-state index in [2.05, 4.69) is 295 Å². The van der Waals surface area contributed by atoms with Gasteiger partial charge in [-0.15, -0.1) is 0 Å². The van der Waals surface area contributed by atoms with Crippen molar-refractivity contribution in [3.8, 4) is 44.5 Å². The van der Waals surface area contributed by atoms with Crippen LogP contribution in [-0.2, 0) is 0 Å². The van der Waals surface area contributed by atoms with Gasteiger partial charge in [-0.3, -0.25) is 0 Å². The van der Waals surface area contributed by atoms with E-state index in [0.29, 0.717) is 5.92 Å². The monoisotopic (exact) mass is 1100 g/mol. The molecule has 0 N–H and O–H groups in total. The zero-order valence-electron chi connectivity index (χ0n) is 47.5. The fourth-order valence-electron chi connectivity index (χ4n) is 14.3. The highest BCUT2D eigenvalue weighted by Gasteiger charge is 2.31. The lowest BCUT2D eigenvalue weighted by Gasteiger charge is -2.34. The van der Waals surface area contributed by atoms with Crippen LogP contribution in [0, 0.1) is 0 Å². The number of nitrogens with zero attached hydrogens (tertiary/aromatic N) is 2. The minimum absolute atomic E-state index is 0.543. The number of hydrogen-bond donors (Lipinski definition) is 0. The molecule has 1 aliphatic rings. The molecule has 17 rings (SSSR count). The molecule has 0 unspecified atom stereocenters. The predicted molar refractivity (Wildman–Crippen MR) is 362 cm³/mol. The topological polar surface area (TPSA) is 32.8 Å². The van der Waals surface area contributed by atoms with Crippen LogP contribution in [0.25, 0.3) is 121 Å². The molecule has 0 amide bonds.